The Labute approximate surface area is 384 Å². The highest BCUT2D eigenvalue weighted by molar-refractivity contribution is 5.92. The lowest BCUT2D eigenvalue weighted by Gasteiger charge is -2.29. The average Bonchev–Trinajstić information content (AvgIpc) is 3.19. The van der Waals surface area contributed by atoms with E-state index >= 15 is 0 Å². The first-order valence-electron chi connectivity index (χ1n) is 22.5. The van der Waals surface area contributed by atoms with Gasteiger partial charge in [0.2, 0.25) is 29.5 Å². The monoisotopic (exact) mass is 922 g/mol. The maximum atomic E-state index is 13.7. The molecule has 1 rings (SSSR count). The highest BCUT2D eigenvalue weighted by Gasteiger charge is 2.32. The molecule has 0 aromatic heterocycles. The molecule has 8 atom stereocenters. The van der Waals surface area contributed by atoms with Crippen LogP contribution >= 0.6 is 0 Å². The number of nitrogens with zero attached hydrogens (tertiary/aromatic N) is 1. The van der Waals surface area contributed by atoms with Crippen LogP contribution in [-0.2, 0) is 40.0 Å². The molecule has 0 saturated carbocycles. The Morgan fingerprint density at radius 2 is 1.15 bits per heavy atom. The molecule has 20 heteroatoms. The number of hydrogen-bond donors (Lipinski definition) is 12. The molecular formula is C45H79N9O11. The van der Waals surface area contributed by atoms with E-state index < -0.39 is 96.9 Å². The number of rotatable bonds is 30. The zero-order valence-corrected chi connectivity index (χ0v) is 39.5. The first-order valence-corrected chi connectivity index (χ1v) is 22.5. The first-order chi connectivity index (χ1) is 30.4. The lowest BCUT2D eigenvalue weighted by atomic mass is 9.96. The summed E-state index contributed by atoms with van der Waals surface area (Å²) in [5, 5.41) is 52.7. The standard InChI is InChI=1S/C39H65N5O9.C6H14N4O2/c1-9-10-16-28(42-39(53)31(41-34(47)19-25(6)7)20-27-14-12-11-13-15-27)38(52)44-29(17-23(2)3)32(45)21-35(48)40-26(8)37(51)43-30(18-24(4)5)33(46)22-36(49)50;7-4(5(11)12)2-1-3-10-6(8)9/h11-15,23-26,28-33,45-46H,9-10,16-22H2,1-8H3,(H,40,48)(H,41,47)(H,42,53)(H,43,51)(H,44,52)(H,49,50);4H,1-3,7H2,(H,11,12)(H4,8,9,10)/t26-,28-,29-,30-,31-,32-,33-;4-/m00/s1. The lowest BCUT2D eigenvalue weighted by Crippen LogP contribution is -2.57. The summed E-state index contributed by atoms with van der Waals surface area (Å²) in [6, 6.07) is 3.73. The molecule has 15 N–H and O–H groups in total. The fourth-order valence-corrected chi connectivity index (χ4v) is 6.53. The highest BCUT2D eigenvalue weighted by atomic mass is 16.4. The van der Waals surface area contributed by atoms with Gasteiger partial charge in [-0.15, -0.1) is 0 Å². The van der Waals surface area contributed by atoms with E-state index in [2.05, 4.69) is 31.6 Å². The maximum absolute atomic E-state index is 13.7. The van der Waals surface area contributed by atoms with Crippen molar-refractivity contribution in [1.82, 2.24) is 26.6 Å². The van der Waals surface area contributed by atoms with Gasteiger partial charge in [0.15, 0.2) is 5.96 Å². The second-order valence-corrected chi connectivity index (χ2v) is 17.7. The summed E-state index contributed by atoms with van der Waals surface area (Å²) in [6.45, 7) is 15.1. The number of amides is 5. The summed E-state index contributed by atoms with van der Waals surface area (Å²) in [5.74, 6) is -4.69. The van der Waals surface area contributed by atoms with Crippen LogP contribution in [0.15, 0.2) is 35.3 Å². The number of carboxylic acid groups (broad SMARTS) is 2. The van der Waals surface area contributed by atoms with Crippen molar-refractivity contribution in [3.8, 4) is 0 Å². The molecule has 370 valence electrons. The van der Waals surface area contributed by atoms with Crippen LogP contribution in [-0.4, -0.2) is 123 Å². The number of carbonyl (C=O) groups is 7. The number of nitrogens with two attached hydrogens (primary N) is 3. The van der Waals surface area contributed by atoms with Crippen molar-refractivity contribution in [2.45, 2.75) is 174 Å². The topological polar surface area (TPSA) is 351 Å². The fourth-order valence-electron chi connectivity index (χ4n) is 6.53. The number of guanidine groups is 1. The van der Waals surface area contributed by atoms with Crippen molar-refractivity contribution >= 4 is 47.4 Å². The third-order valence-electron chi connectivity index (χ3n) is 9.88. The van der Waals surface area contributed by atoms with Crippen LogP contribution in [0.1, 0.15) is 125 Å². The number of aliphatic hydroxyl groups excluding tert-OH is 2. The molecule has 1 aromatic rings. The van der Waals surface area contributed by atoms with Crippen molar-refractivity contribution in [2.24, 2.45) is 39.9 Å². The number of hydrogen-bond acceptors (Lipinski definition) is 11. The molecule has 65 heavy (non-hydrogen) atoms. The SMILES string of the molecule is CCCC[C@H](NC(=O)[C@H](Cc1ccccc1)NC(=O)CC(C)C)C(=O)N[C@@H](CC(C)C)[C@@H](O)CC(=O)N[C@@H](C)C(=O)N[C@@H](CC(C)C)[C@@H](O)CC(=O)O.NC(N)=NCCC[C@H](N)C(=O)O. The molecule has 5 amide bonds. The Kier molecular flexibility index (Phi) is 29.7. The lowest BCUT2D eigenvalue weighted by molar-refractivity contribution is -0.140. The normalized spacial score (nSPS) is 14.8. The van der Waals surface area contributed by atoms with Crippen molar-refractivity contribution in [3.05, 3.63) is 35.9 Å². The van der Waals surface area contributed by atoms with Gasteiger partial charge in [0.1, 0.15) is 24.2 Å². The summed E-state index contributed by atoms with van der Waals surface area (Å²) in [5.41, 5.74) is 16.2. The van der Waals surface area contributed by atoms with Gasteiger partial charge >= 0.3 is 11.9 Å². The molecule has 0 radical (unpaired) electrons. The molecule has 0 heterocycles. The Balaban J connectivity index is 0.00000296. The molecule has 0 spiro atoms. The molecule has 0 aliphatic rings. The van der Waals surface area contributed by atoms with E-state index in [9.17, 15) is 43.8 Å². The molecule has 0 bridgehead atoms. The van der Waals surface area contributed by atoms with Crippen LogP contribution < -0.4 is 43.8 Å². The number of aliphatic carboxylic acids is 2. The van der Waals surface area contributed by atoms with E-state index in [1.807, 2.05) is 78.8 Å². The van der Waals surface area contributed by atoms with Crippen LogP contribution in [0.4, 0.5) is 0 Å². The Morgan fingerprint density at radius 3 is 1.65 bits per heavy atom. The number of unbranched alkanes of at least 4 members (excludes halogenated alkanes) is 1. The van der Waals surface area contributed by atoms with Gasteiger partial charge in [-0.25, -0.2) is 0 Å². The third kappa shape index (κ3) is 28.2. The van der Waals surface area contributed by atoms with Crippen molar-refractivity contribution in [1.29, 1.82) is 0 Å². The van der Waals surface area contributed by atoms with Gasteiger partial charge in [-0.2, -0.15) is 0 Å². The Hall–Kier alpha value is -5.34. The van der Waals surface area contributed by atoms with Crippen molar-refractivity contribution in [3.63, 3.8) is 0 Å². The van der Waals surface area contributed by atoms with Crippen LogP contribution in [0, 0.1) is 17.8 Å². The molecule has 0 fully saturated rings. The summed E-state index contributed by atoms with van der Waals surface area (Å²) in [4.78, 5) is 91.1. The number of benzene rings is 1. The van der Waals surface area contributed by atoms with Gasteiger partial charge in [-0.3, -0.25) is 38.6 Å². The molecule has 0 saturated heterocycles. The first kappa shape index (κ1) is 59.7. The summed E-state index contributed by atoms with van der Waals surface area (Å²) in [6.07, 6.45) is 0.0460. The van der Waals surface area contributed by atoms with Gasteiger partial charge in [0.25, 0.3) is 0 Å². The fraction of sp³-hybridized carbons (Fsp3) is 0.689. The minimum Gasteiger partial charge on any atom is -0.481 e. The number of nitrogens with one attached hydrogen (secondary N) is 5. The summed E-state index contributed by atoms with van der Waals surface area (Å²) >= 11 is 0. The van der Waals surface area contributed by atoms with E-state index in [4.69, 9.17) is 27.4 Å². The van der Waals surface area contributed by atoms with Gasteiger partial charge in [0, 0.05) is 19.4 Å². The molecule has 0 aliphatic heterocycles. The Bertz CT molecular complexity index is 1640. The molecule has 0 unspecified atom stereocenters. The maximum Gasteiger partial charge on any atom is 0.320 e. The Morgan fingerprint density at radius 1 is 0.631 bits per heavy atom. The summed E-state index contributed by atoms with van der Waals surface area (Å²) < 4.78 is 0. The molecule has 0 aliphatic carbocycles. The van der Waals surface area contributed by atoms with Crippen molar-refractivity contribution in [2.75, 3.05) is 6.54 Å². The second-order valence-electron chi connectivity index (χ2n) is 17.7. The van der Waals surface area contributed by atoms with E-state index in [1.165, 1.54) is 6.92 Å². The highest BCUT2D eigenvalue weighted by Crippen LogP contribution is 2.15. The zero-order chi connectivity index (χ0) is 49.8. The minimum atomic E-state index is -1.34. The van der Waals surface area contributed by atoms with Gasteiger partial charge in [-0.05, 0) is 62.3 Å². The molecular weight excluding hydrogens is 843 g/mol. The quantitative estimate of drug-likeness (QED) is 0.0292. The predicted molar refractivity (Wildman–Crippen MR) is 248 cm³/mol. The number of aliphatic hydroxyl groups is 2. The third-order valence-corrected chi connectivity index (χ3v) is 9.88. The van der Waals surface area contributed by atoms with E-state index in [1.54, 1.807) is 0 Å². The summed E-state index contributed by atoms with van der Waals surface area (Å²) in [7, 11) is 0. The average molecular weight is 922 g/mol. The second kappa shape index (κ2) is 32.3. The number of carbonyl (C=O) groups excluding carboxylic acids is 5. The largest absolute Gasteiger partial charge is 0.481 e. The minimum absolute atomic E-state index is 0.00735. The van der Waals surface area contributed by atoms with Crippen LogP contribution in [0.5, 0.6) is 0 Å². The molecule has 20 nitrogen and oxygen atoms in total. The predicted octanol–water partition coefficient (Wildman–Crippen LogP) is 1.04. The van der Waals surface area contributed by atoms with E-state index in [-0.39, 0.29) is 42.5 Å². The van der Waals surface area contributed by atoms with E-state index in [0.717, 1.165) is 12.0 Å². The van der Waals surface area contributed by atoms with Crippen molar-refractivity contribution < 1.29 is 54.0 Å². The van der Waals surface area contributed by atoms with Crippen LogP contribution in [0.3, 0.4) is 0 Å². The van der Waals surface area contributed by atoms with Gasteiger partial charge in [-0.1, -0.05) is 91.6 Å². The van der Waals surface area contributed by atoms with Crippen LogP contribution in [0.25, 0.3) is 0 Å². The van der Waals surface area contributed by atoms with Crippen LogP contribution in [0.2, 0.25) is 0 Å². The number of carboxylic acids is 2. The zero-order valence-electron chi connectivity index (χ0n) is 39.5. The van der Waals surface area contributed by atoms with Gasteiger partial charge in [0.05, 0.1) is 37.1 Å². The smallest absolute Gasteiger partial charge is 0.320 e. The van der Waals surface area contributed by atoms with E-state index in [0.29, 0.717) is 45.1 Å². The van der Waals surface area contributed by atoms with Gasteiger partial charge < -0.3 is 64.2 Å². The molecule has 1 aromatic carbocycles. The number of aliphatic imine (C=N–C) groups is 1.